The van der Waals surface area contributed by atoms with E-state index in [9.17, 15) is 24.3 Å². The largest absolute Gasteiger partial charge is 0.508 e. The minimum Gasteiger partial charge on any atom is -0.508 e. The lowest BCUT2D eigenvalue weighted by atomic mass is 10.0. The number of aryl methyl sites for hydroxylation is 1. The molecule has 174 valence electrons. The van der Waals surface area contributed by atoms with Crippen LogP contribution in [-0.4, -0.2) is 58.2 Å². The molecule has 1 unspecified atom stereocenters. The van der Waals surface area contributed by atoms with Crippen LogP contribution in [0, 0.1) is 6.92 Å². The van der Waals surface area contributed by atoms with Gasteiger partial charge in [0.05, 0.1) is 0 Å². The first kappa shape index (κ1) is 23.7. The van der Waals surface area contributed by atoms with Crippen molar-refractivity contribution >= 4 is 23.7 Å². The zero-order valence-corrected chi connectivity index (χ0v) is 17.9. The molecule has 0 spiro atoms. The molecule has 1 fully saturated rings. The highest BCUT2D eigenvalue weighted by Gasteiger charge is 2.51. The Labute approximate surface area is 189 Å². The maximum Gasteiger partial charge on any atom is 0.336 e. The molecule has 2 aromatic rings. The normalized spacial score (nSPS) is 18.6. The first-order chi connectivity index (χ1) is 15.6. The summed E-state index contributed by atoms with van der Waals surface area (Å²) in [5.74, 6) is -3.37. The van der Waals surface area contributed by atoms with E-state index in [4.69, 9.17) is 15.6 Å². The summed E-state index contributed by atoms with van der Waals surface area (Å²) in [6.07, 6.45) is -2.24. The number of carbonyl (C=O) groups excluding carboxylic acids is 3. The van der Waals surface area contributed by atoms with Crippen molar-refractivity contribution in [2.24, 2.45) is 5.73 Å². The van der Waals surface area contributed by atoms with E-state index >= 15 is 0 Å². The van der Waals surface area contributed by atoms with Crippen LogP contribution in [0.1, 0.15) is 16.7 Å². The highest BCUT2D eigenvalue weighted by Crippen LogP contribution is 2.22. The monoisotopic (exact) mass is 455 g/mol. The fourth-order valence-electron chi connectivity index (χ4n) is 3.29. The Morgan fingerprint density at radius 1 is 0.909 bits per heavy atom. The average Bonchev–Trinajstić information content (AvgIpc) is 3.57. The maximum absolute atomic E-state index is 13.0. The highest BCUT2D eigenvalue weighted by atomic mass is 16.6. The van der Waals surface area contributed by atoms with Gasteiger partial charge in [0, 0.05) is 12.8 Å². The Hall–Kier alpha value is -3.92. The molecular formula is C23H25N3O7. The number of carbonyl (C=O) groups is 4. The van der Waals surface area contributed by atoms with E-state index in [0.29, 0.717) is 5.56 Å². The van der Waals surface area contributed by atoms with Crippen molar-refractivity contribution in [1.29, 1.82) is 0 Å². The van der Waals surface area contributed by atoms with Gasteiger partial charge in [-0.3, -0.25) is 14.4 Å². The first-order valence-corrected chi connectivity index (χ1v) is 10.3. The number of aromatic hydroxyl groups is 1. The number of phenols is 1. The lowest BCUT2D eigenvalue weighted by Gasteiger charge is -2.22. The second kappa shape index (κ2) is 10.1. The first-order valence-electron chi connectivity index (χ1n) is 10.3. The topological polar surface area (TPSA) is 171 Å². The average molecular weight is 455 g/mol. The summed E-state index contributed by atoms with van der Waals surface area (Å²) in [6.45, 7) is 1.91. The molecule has 1 aliphatic heterocycles. The molecule has 1 heterocycles. The zero-order valence-electron chi connectivity index (χ0n) is 17.9. The van der Waals surface area contributed by atoms with Crippen LogP contribution < -0.4 is 16.4 Å². The minimum absolute atomic E-state index is 0.0567. The highest BCUT2D eigenvalue weighted by molar-refractivity contribution is 5.96. The third kappa shape index (κ3) is 6.53. The second-order valence-corrected chi connectivity index (χ2v) is 7.90. The molecule has 10 nitrogen and oxygen atoms in total. The van der Waals surface area contributed by atoms with Crippen LogP contribution in [0.3, 0.4) is 0 Å². The summed E-state index contributed by atoms with van der Waals surface area (Å²) in [5.41, 5.74) is 7.89. The molecule has 1 aliphatic rings. The molecule has 3 rings (SSSR count). The van der Waals surface area contributed by atoms with Crippen molar-refractivity contribution in [3.05, 3.63) is 65.2 Å². The Kier molecular flexibility index (Phi) is 7.29. The quantitative estimate of drug-likeness (QED) is 0.309. The number of nitrogens with one attached hydrogen (secondary N) is 2. The molecular weight excluding hydrogens is 430 g/mol. The predicted octanol–water partition coefficient (Wildman–Crippen LogP) is -0.207. The second-order valence-electron chi connectivity index (χ2n) is 7.90. The molecule has 3 amide bonds. The van der Waals surface area contributed by atoms with Gasteiger partial charge in [-0.1, -0.05) is 42.0 Å². The predicted molar refractivity (Wildman–Crippen MR) is 116 cm³/mol. The van der Waals surface area contributed by atoms with E-state index in [1.165, 1.54) is 12.1 Å². The summed E-state index contributed by atoms with van der Waals surface area (Å²) in [5, 5.41) is 23.5. The number of benzene rings is 2. The Morgan fingerprint density at radius 2 is 1.45 bits per heavy atom. The number of amides is 3. The lowest BCUT2D eigenvalue weighted by molar-refractivity contribution is -0.138. The third-order valence-corrected chi connectivity index (χ3v) is 5.22. The van der Waals surface area contributed by atoms with E-state index in [-0.39, 0.29) is 18.6 Å². The SMILES string of the molecule is Cc1ccc(C[C@H](NC(=O)C2O[C@H]2C(=O)O)C(=O)N[C@@H](Cc2ccc(O)cc2)C(N)=O)cc1. The van der Waals surface area contributed by atoms with E-state index in [0.717, 1.165) is 11.1 Å². The van der Waals surface area contributed by atoms with Crippen molar-refractivity contribution in [2.75, 3.05) is 0 Å². The number of nitrogens with two attached hydrogens (primary N) is 1. The Morgan fingerprint density at radius 3 is 1.97 bits per heavy atom. The van der Waals surface area contributed by atoms with Crippen LogP contribution in [-0.2, 0) is 36.8 Å². The summed E-state index contributed by atoms with van der Waals surface area (Å²) in [4.78, 5) is 48.4. The molecule has 4 atom stereocenters. The van der Waals surface area contributed by atoms with Crippen molar-refractivity contribution in [2.45, 2.75) is 44.1 Å². The number of aliphatic carboxylic acids is 1. The Bertz CT molecular complexity index is 1040. The smallest absolute Gasteiger partial charge is 0.336 e. The molecule has 33 heavy (non-hydrogen) atoms. The number of carboxylic acid groups (broad SMARTS) is 1. The van der Waals surface area contributed by atoms with E-state index < -0.39 is 48.0 Å². The summed E-state index contributed by atoms with van der Waals surface area (Å²) in [6, 6.07) is 11.2. The lowest BCUT2D eigenvalue weighted by Crippen LogP contribution is -2.55. The van der Waals surface area contributed by atoms with E-state index in [1.807, 2.05) is 19.1 Å². The molecule has 0 bridgehead atoms. The number of hydrogen-bond donors (Lipinski definition) is 5. The third-order valence-electron chi connectivity index (χ3n) is 5.22. The van der Waals surface area contributed by atoms with E-state index in [2.05, 4.69) is 10.6 Å². The van der Waals surface area contributed by atoms with Gasteiger partial charge in [-0.15, -0.1) is 0 Å². The fraction of sp³-hybridized carbons (Fsp3) is 0.304. The van der Waals surface area contributed by atoms with Gasteiger partial charge in [0.2, 0.25) is 11.8 Å². The van der Waals surface area contributed by atoms with Gasteiger partial charge in [-0.2, -0.15) is 0 Å². The van der Waals surface area contributed by atoms with Crippen LogP contribution in [0.15, 0.2) is 48.5 Å². The fourth-order valence-corrected chi connectivity index (χ4v) is 3.29. The molecule has 0 radical (unpaired) electrons. The number of epoxide rings is 1. The number of carboxylic acids is 1. The number of primary amides is 1. The Balaban J connectivity index is 1.73. The van der Waals surface area contributed by atoms with Crippen LogP contribution in [0.2, 0.25) is 0 Å². The van der Waals surface area contributed by atoms with Crippen LogP contribution in [0.25, 0.3) is 0 Å². The van der Waals surface area contributed by atoms with Gasteiger partial charge in [0.1, 0.15) is 17.8 Å². The molecule has 6 N–H and O–H groups in total. The summed E-state index contributed by atoms with van der Waals surface area (Å²) in [7, 11) is 0. The summed E-state index contributed by atoms with van der Waals surface area (Å²) < 4.78 is 4.86. The molecule has 0 aromatic heterocycles. The van der Waals surface area contributed by atoms with Gasteiger partial charge in [0.25, 0.3) is 5.91 Å². The molecule has 10 heteroatoms. The van der Waals surface area contributed by atoms with Crippen molar-refractivity contribution in [1.82, 2.24) is 10.6 Å². The summed E-state index contributed by atoms with van der Waals surface area (Å²) >= 11 is 0. The van der Waals surface area contributed by atoms with Crippen molar-refractivity contribution in [3.63, 3.8) is 0 Å². The van der Waals surface area contributed by atoms with Crippen LogP contribution in [0.4, 0.5) is 0 Å². The van der Waals surface area contributed by atoms with Crippen LogP contribution in [0.5, 0.6) is 5.75 Å². The van der Waals surface area contributed by atoms with Crippen molar-refractivity contribution in [3.8, 4) is 5.75 Å². The van der Waals surface area contributed by atoms with Gasteiger partial charge >= 0.3 is 5.97 Å². The number of hydrogen-bond acceptors (Lipinski definition) is 6. The minimum atomic E-state index is -1.27. The molecule has 2 aromatic carbocycles. The van der Waals surface area contributed by atoms with Gasteiger partial charge in [-0.05, 0) is 30.2 Å². The standard InChI is InChI=1S/C23H25N3O7/c1-12-2-4-13(5-3-12)11-17(26-22(30)18-19(33-18)23(31)32)21(29)25-16(20(24)28)10-14-6-8-15(27)9-7-14/h2-9,16-19,27H,10-11H2,1H3,(H2,24,28)(H,25,29)(H,26,30)(H,31,32)/t16-,17-,18?,19+/m0/s1. The maximum atomic E-state index is 13.0. The van der Waals surface area contributed by atoms with Crippen LogP contribution >= 0.6 is 0 Å². The van der Waals surface area contributed by atoms with E-state index in [1.54, 1.807) is 24.3 Å². The van der Waals surface area contributed by atoms with Crippen molar-refractivity contribution < 1.29 is 34.1 Å². The molecule has 1 saturated heterocycles. The molecule has 0 aliphatic carbocycles. The van der Waals surface area contributed by atoms with Gasteiger partial charge < -0.3 is 31.3 Å². The number of rotatable bonds is 10. The number of phenolic OH excluding ortho intramolecular Hbond substituents is 1. The number of ether oxygens (including phenoxy) is 1. The van der Waals surface area contributed by atoms with Gasteiger partial charge in [0.15, 0.2) is 12.2 Å². The zero-order chi connectivity index (χ0) is 24.1. The molecule has 0 saturated carbocycles. The van der Waals surface area contributed by atoms with Gasteiger partial charge in [-0.25, -0.2) is 4.79 Å².